The van der Waals surface area contributed by atoms with Crippen LogP contribution < -0.4 is 5.69 Å². The first-order valence-electron chi connectivity index (χ1n) is 12.5. The second-order valence-electron chi connectivity index (χ2n) is 8.90. The number of para-hydroxylation sites is 1. The number of pyridine rings is 1. The molecule has 0 aliphatic rings. The van der Waals surface area contributed by atoms with Gasteiger partial charge in [0.05, 0.1) is 17.9 Å². The molecule has 5 rings (SSSR count). The topological polar surface area (TPSA) is 94.3 Å². The fourth-order valence-electron chi connectivity index (χ4n) is 4.57. The van der Waals surface area contributed by atoms with Crippen LogP contribution in [0.2, 0.25) is 0 Å². The van der Waals surface area contributed by atoms with E-state index in [0.29, 0.717) is 12.4 Å². The van der Waals surface area contributed by atoms with Gasteiger partial charge in [-0.1, -0.05) is 56.7 Å². The molecule has 2 aromatic carbocycles. The van der Waals surface area contributed by atoms with Gasteiger partial charge in [0.2, 0.25) is 5.82 Å². The summed E-state index contributed by atoms with van der Waals surface area (Å²) in [7, 11) is 0. The summed E-state index contributed by atoms with van der Waals surface area (Å²) in [6.07, 6.45) is 7.55. The smallest absolute Gasteiger partial charge is 0.292 e. The van der Waals surface area contributed by atoms with Crippen molar-refractivity contribution in [2.24, 2.45) is 0 Å². The molecule has 3 aromatic heterocycles. The number of nitrogens with zero attached hydrogens (tertiary/aromatic N) is 6. The van der Waals surface area contributed by atoms with Crippen LogP contribution in [0.5, 0.6) is 0 Å². The van der Waals surface area contributed by atoms with Crippen LogP contribution in [-0.2, 0) is 19.4 Å². The van der Waals surface area contributed by atoms with E-state index in [2.05, 4.69) is 61.5 Å². The van der Waals surface area contributed by atoms with Gasteiger partial charge in [0.1, 0.15) is 0 Å². The molecule has 0 atom stereocenters. The summed E-state index contributed by atoms with van der Waals surface area (Å²) < 4.78 is 4.62. The van der Waals surface area contributed by atoms with Crippen LogP contribution in [0, 0.1) is 0 Å². The fraction of sp³-hybridized carbons (Fsp3) is 0.250. The minimum Gasteiger partial charge on any atom is -0.292 e. The van der Waals surface area contributed by atoms with Gasteiger partial charge < -0.3 is 0 Å². The highest BCUT2D eigenvalue weighted by Crippen LogP contribution is 2.28. The summed E-state index contributed by atoms with van der Waals surface area (Å²) in [6.45, 7) is 4.77. The Labute approximate surface area is 223 Å². The molecule has 3 heterocycles. The Morgan fingerprint density at radius 3 is 2.59 bits per heavy atom. The Balaban J connectivity index is 1.50. The number of aryl methyl sites for hydroxylation is 2. The van der Waals surface area contributed by atoms with E-state index in [9.17, 15) is 4.79 Å². The van der Waals surface area contributed by atoms with Gasteiger partial charge in [-0.25, -0.2) is 4.79 Å². The van der Waals surface area contributed by atoms with Crippen LogP contribution in [0.25, 0.3) is 28.3 Å². The zero-order valence-corrected chi connectivity index (χ0v) is 22.4. The molecule has 1 N–H and O–H groups in total. The lowest BCUT2D eigenvalue weighted by molar-refractivity contribution is 0.673. The zero-order chi connectivity index (χ0) is 25.8. The van der Waals surface area contributed by atoms with E-state index in [4.69, 9.17) is 0 Å². The van der Waals surface area contributed by atoms with Gasteiger partial charge in [-0.2, -0.15) is 5.21 Å². The van der Waals surface area contributed by atoms with Crippen LogP contribution >= 0.6 is 15.9 Å². The summed E-state index contributed by atoms with van der Waals surface area (Å²) in [5.74, 6) is 0.499. The predicted molar refractivity (Wildman–Crippen MR) is 148 cm³/mol. The first-order valence-corrected chi connectivity index (χ1v) is 13.3. The summed E-state index contributed by atoms with van der Waals surface area (Å²) >= 11 is 3.67. The number of benzene rings is 2. The molecule has 0 saturated carbocycles. The molecule has 0 spiro atoms. The normalized spacial score (nSPS) is 11.2. The summed E-state index contributed by atoms with van der Waals surface area (Å²) in [4.78, 5) is 18.3. The van der Waals surface area contributed by atoms with E-state index in [1.165, 1.54) is 0 Å². The number of rotatable bonds is 9. The maximum Gasteiger partial charge on any atom is 0.333 e. The molecule has 0 amide bonds. The van der Waals surface area contributed by atoms with E-state index in [0.717, 1.165) is 69.5 Å². The Morgan fingerprint density at radius 2 is 1.86 bits per heavy atom. The molecule has 5 aromatic rings. The van der Waals surface area contributed by atoms with Crippen molar-refractivity contribution >= 4 is 15.9 Å². The molecule has 37 heavy (non-hydrogen) atoms. The molecule has 9 heteroatoms. The Kier molecular flexibility index (Phi) is 7.41. The minimum atomic E-state index is -0.0269. The number of hydrogen-bond donors (Lipinski definition) is 1. The third kappa shape index (κ3) is 5.04. The highest BCUT2D eigenvalue weighted by Gasteiger charge is 2.17. The Hall–Kier alpha value is -3.85. The number of tetrazole rings is 1. The average molecular weight is 558 g/mol. The second kappa shape index (κ2) is 11.0. The van der Waals surface area contributed by atoms with Crippen LogP contribution in [0.3, 0.4) is 0 Å². The molecule has 0 radical (unpaired) electrons. The lowest BCUT2D eigenvalue weighted by Crippen LogP contribution is -2.25. The van der Waals surface area contributed by atoms with Crippen molar-refractivity contribution in [2.75, 3.05) is 0 Å². The average Bonchev–Trinajstić information content (AvgIpc) is 3.57. The predicted octanol–water partition coefficient (Wildman–Crippen LogP) is 5.60. The number of aromatic nitrogens is 7. The molecule has 188 valence electrons. The van der Waals surface area contributed by atoms with Gasteiger partial charge in [-0.05, 0) is 69.7 Å². The van der Waals surface area contributed by atoms with E-state index in [-0.39, 0.29) is 5.69 Å². The third-order valence-electron chi connectivity index (χ3n) is 6.50. The number of imidazole rings is 1. The largest absolute Gasteiger partial charge is 0.333 e. The number of unbranched alkanes of at least 4 members (excludes halogenated alkanes) is 1. The Morgan fingerprint density at radius 1 is 1.03 bits per heavy atom. The molecule has 0 fully saturated rings. The van der Waals surface area contributed by atoms with Crippen molar-refractivity contribution in [3.63, 3.8) is 0 Å². The van der Waals surface area contributed by atoms with Crippen LogP contribution in [0.1, 0.15) is 43.5 Å². The monoisotopic (exact) mass is 557 g/mol. The van der Waals surface area contributed by atoms with Crippen LogP contribution in [0.15, 0.2) is 76.3 Å². The van der Waals surface area contributed by atoms with Crippen molar-refractivity contribution in [1.82, 2.24) is 34.7 Å². The lowest BCUT2D eigenvalue weighted by Gasteiger charge is -2.11. The SMILES string of the molecule is CCCCc1cn(-c2c(Br)cccc2CC)c(=O)n1Cc1ccc(-c2ncccc2-c2nn[nH]n2)cc1. The maximum atomic E-state index is 13.7. The first kappa shape index (κ1) is 24.8. The van der Waals surface area contributed by atoms with Crippen molar-refractivity contribution in [2.45, 2.75) is 46.1 Å². The molecule has 8 nitrogen and oxygen atoms in total. The van der Waals surface area contributed by atoms with Crippen molar-refractivity contribution in [3.05, 3.63) is 98.8 Å². The van der Waals surface area contributed by atoms with Crippen molar-refractivity contribution in [3.8, 4) is 28.3 Å². The van der Waals surface area contributed by atoms with E-state index in [1.807, 2.05) is 59.3 Å². The molecule has 0 aliphatic heterocycles. The number of H-pyrrole nitrogens is 1. The zero-order valence-electron chi connectivity index (χ0n) is 20.9. The molecular weight excluding hydrogens is 530 g/mol. The molecule has 0 saturated heterocycles. The van der Waals surface area contributed by atoms with Gasteiger partial charge in [0.15, 0.2) is 0 Å². The summed E-state index contributed by atoms with van der Waals surface area (Å²) in [5.41, 5.74) is 6.64. The second-order valence-corrected chi connectivity index (χ2v) is 9.75. The van der Waals surface area contributed by atoms with E-state index in [1.54, 1.807) is 10.8 Å². The maximum absolute atomic E-state index is 13.7. The van der Waals surface area contributed by atoms with Crippen LogP contribution in [0.4, 0.5) is 0 Å². The van der Waals surface area contributed by atoms with Gasteiger partial charge in [0, 0.05) is 33.7 Å². The molecule has 0 unspecified atom stereocenters. The highest BCUT2D eigenvalue weighted by atomic mass is 79.9. The standard InChI is InChI=1S/C28H28BrN7O/c1-3-5-9-22-18-36(26-20(4-2)8-6-11-24(26)29)28(37)35(22)17-19-12-14-21(15-13-19)25-23(10-7-16-30-25)27-31-33-34-32-27/h6-8,10-16,18H,3-5,9,17H2,1-2H3,(H,31,32,33,34). The van der Waals surface area contributed by atoms with Crippen molar-refractivity contribution < 1.29 is 0 Å². The lowest BCUT2D eigenvalue weighted by atomic mass is 10.0. The van der Waals surface area contributed by atoms with Gasteiger partial charge in [0.25, 0.3) is 0 Å². The van der Waals surface area contributed by atoms with E-state index >= 15 is 0 Å². The summed E-state index contributed by atoms with van der Waals surface area (Å²) in [5, 5.41) is 14.4. The van der Waals surface area contributed by atoms with Crippen LogP contribution in [-0.4, -0.2) is 34.7 Å². The number of nitrogens with one attached hydrogen (secondary N) is 1. The van der Waals surface area contributed by atoms with Crippen molar-refractivity contribution in [1.29, 1.82) is 0 Å². The quantitative estimate of drug-likeness (QED) is 0.254. The fourth-order valence-corrected chi connectivity index (χ4v) is 5.17. The van der Waals surface area contributed by atoms with E-state index < -0.39 is 0 Å². The van der Waals surface area contributed by atoms with Gasteiger partial charge in [-0.15, -0.1) is 10.2 Å². The molecule has 0 bridgehead atoms. The first-order chi connectivity index (χ1) is 18.1. The van der Waals surface area contributed by atoms with Gasteiger partial charge >= 0.3 is 5.69 Å². The molecular formula is C28H28BrN7O. The number of halogens is 1. The Bertz CT molecular complexity index is 1550. The number of hydrogen-bond acceptors (Lipinski definition) is 5. The highest BCUT2D eigenvalue weighted by molar-refractivity contribution is 9.10. The van der Waals surface area contributed by atoms with Gasteiger partial charge in [-0.3, -0.25) is 14.1 Å². The number of aromatic amines is 1. The summed E-state index contributed by atoms with van der Waals surface area (Å²) in [6, 6.07) is 18.0. The minimum absolute atomic E-state index is 0.0269. The third-order valence-corrected chi connectivity index (χ3v) is 7.14. The molecule has 0 aliphatic carbocycles.